The number of aryl methyl sites for hydroxylation is 1. The first-order valence-electron chi connectivity index (χ1n) is 4.85. The first-order valence-corrected chi connectivity index (χ1v) is 4.85. The van der Waals surface area contributed by atoms with Crippen LogP contribution in [0.1, 0.15) is 29.8 Å². The van der Waals surface area contributed by atoms with Crippen LogP contribution < -0.4 is 0 Å². The van der Waals surface area contributed by atoms with Crippen molar-refractivity contribution < 1.29 is 4.79 Å². The molecule has 1 unspecified atom stereocenters. The van der Waals surface area contributed by atoms with Gasteiger partial charge in [0, 0.05) is 13.1 Å². The average molecular weight is 194 g/mol. The molecule has 0 bridgehead atoms. The Morgan fingerprint density at radius 1 is 1.64 bits per heavy atom. The Labute approximate surface area is 82.5 Å². The summed E-state index contributed by atoms with van der Waals surface area (Å²) in [5, 5.41) is 6.53. The minimum absolute atomic E-state index is 0.0568. The van der Waals surface area contributed by atoms with Crippen LogP contribution in [0.4, 0.5) is 0 Å². The van der Waals surface area contributed by atoms with Gasteiger partial charge in [-0.05, 0) is 19.3 Å². The summed E-state index contributed by atoms with van der Waals surface area (Å²) in [4.78, 5) is 17.6. The van der Waals surface area contributed by atoms with Crippen molar-refractivity contribution in [3.8, 4) is 0 Å². The molecule has 1 amide bonds. The third kappa shape index (κ3) is 1.62. The van der Waals surface area contributed by atoms with Crippen LogP contribution >= 0.6 is 0 Å². The molecule has 2 rings (SSSR count). The molecule has 76 valence electrons. The number of nitrogens with one attached hydrogen (secondary N) is 1. The summed E-state index contributed by atoms with van der Waals surface area (Å²) in [6.45, 7) is 5.59. The van der Waals surface area contributed by atoms with Gasteiger partial charge in [-0.3, -0.25) is 9.89 Å². The SMILES string of the molecule is Cc1nc(C(=O)N2CCC(C)C2)n[nH]1. The second-order valence-corrected chi connectivity index (χ2v) is 3.89. The molecule has 5 nitrogen and oxygen atoms in total. The Balaban J connectivity index is 2.09. The lowest BCUT2D eigenvalue weighted by Gasteiger charge is -2.12. The van der Waals surface area contributed by atoms with Crippen LogP contribution in [0.3, 0.4) is 0 Å². The van der Waals surface area contributed by atoms with Gasteiger partial charge >= 0.3 is 0 Å². The van der Waals surface area contributed by atoms with E-state index in [9.17, 15) is 4.79 Å². The normalized spacial score (nSPS) is 21.6. The van der Waals surface area contributed by atoms with Crippen LogP contribution in [-0.4, -0.2) is 39.1 Å². The summed E-state index contributed by atoms with van der Waals surface area (Å²) in [7, 11) is 0. The molecule has 1 atom stereocenters. The Hall–Kier alpha value is -1.39. The maximum Gasteiger partial charge on any atom is 0.293 e. The van der Waals surface area contributed by atoms with Crippen LogP contribution in [0.25, 0.3) is 0 Å². The summed E-state index contributed by atoms with van der Waals surface area (Å²) >= 11 is 0. The van der Waals surface area contributed by atoms with Gasteiger partial charge in [0.2, 0.25) is 5.82 Å². The Bertz CT molecular complexity index is 346. The first kappa shape index (κ1) is 9.18. The summed E-state index contributed by atoms with van der Waals surface area (Å²) in [6.07, 6.45) is 1.08. The van der Waals surface area contributed by atoms with E-state index in [2.05, 4.69) is 22.1 Å². The fraction of sp³-hybridized carbons (Fsp3) is 0.667. The Morgan fingerprint density at radius 2 is 2.43 bits per heavy atom. The third-order valence-corrected chi connectivity index (χ3v) is 2.50. The van der Waals surface area contributed by atoms with Crippen molar-refractivity contribution >= 4 is 5.91 Å². The molecule has 1 saturated heterocycles. The maximum atomic E-state index is 11.8. The van der Waals surface area contributed by atoms with E-state index < -0.39 is 0 Å². The number of rotatable bonds is 1. The molecule has 0 spiro atoms. The maximum absolute atomic E-state index is 11.8. The molecule has 1 fully saturated rings. The zero-order chi connectivity index (χ0) is 10.1. The van der Waals surface area contributed by atoms with E-state index in [0.29, 0.717) is 11.7 Å². The molecule has 2 heterocycles. The smallest absolute Gasteiger partial charge is 0.293 e. The molecular formula is C9H14N4O. The Kier molecular flexibility index (Phi) is 2.23. The van der Waals surface area contributed by atoms with Crippen LogP contribution in [0.5, 0.6) is 0 Å². The fourth-order valence-electron chi connectivity index (χ4n) is 1.70. The number of carbonyl (C=O) groups excluding carboxylic acids is 1. The molecule has 0 saturated carbocycles. The van der Waals surface area contributed by atoms with Gasteiger partial charge in [0.15, 0.2) is 0 Å². The van der Waals surface area contributed by atoms with E-state index in [-0.39, 0.29) is 11.7 Å². The van der Waals surface area contributed by atoms with E-state index in [1.807, 2.05) is 4.90 Å². The lowest BCUT2D eigenvalue weighted by atomic mass is 10.2. The summed E-state index contributed by atoms with van der Waals surface area (Å²) in [5.41, 5.74) is 0. The van der Waals surface area contributed by atoms with Crippen molar-refractivity contribution in [3.05, 3.63) is 11.6 Å². The number of aromatic nitrogens is 3. The third-order valence-electron chi connectivity index (χ3n) is 2.50. The van der Waals surface area contributed by atoms with Gasteiger partial charge in [-0.15, -0.1) is 5.10 Å². The summed E-state index contributed by atoms with van der Waals surface area (Å²) in [5.74, 6) is 1.51. The number of nitrogens with zero attached hydrogens (tertiary/aromatic N) is 3. The van der Waals surface area contributed by atoms with E-state index in [0.717, 1.165) is 19.5 Å². The van der Waals surface area contributed by atoms with E-state index in [1.54, 1.807) is 6.92 Å². The zero-order valence-corrected chi connectivity index (χ0v) is 8.45. The highest BCUT2D eigenvalue weighted by atomic mass is 16.2. The number of aromatic amines is 1. The van der Waals surface area contributed by atoms with Crippen LogP contribution in [0, 0.1) is 12.8 Å². The first-order chi connectivity index (χ1) is 6.66. The predicted octanol–water partition coefficient (Wildman–Crippen LogP) is 0.595. The highest BCUT2D eigenvalue weighted by molar-refractivity contribution is 5.90. The monoisotopic (exact) mass is 194 g/mol. The number of hydrogen-bond donors (Lipinski definition) is 1. The van der Waals surface area contributed by atoms with Crippen molar-refractivity contribution in [3.63, 3.8) is 0 Å². The molecule has 5 heteroatoms. The van der Waals surface area contributed by atoms with E-state index >= 15 is 0 Å². The zero-order valence-electron chi connectivity index (χ0n) is 8.45. The highest BCUT2D eigenvalue weighted by Gasteiger charge is 2.26. The van der Waals surface area contributed by atoms with Gasteiger partial charge in [-0.25, -0.2) is 4.98 Å². The van der Waals surface area contributed by atoms with Crippen LogP contribution in [0.15, 0.2) is 0 Å². The molecule has 0 radical (unpaired) electrons. The van der Waals surface area contributed by atoms with Crippen LogP contribution in [-0.2, 0) is 0 Å². The van der Waals surface area contributed by atoms with Crippen LogP contribution in [0.2, 0.25) is 0 Å². The highest BCUT2D eigenvalue weighted by Crippen LogP contribution is 2.16. The second-order valence-electron chi connectivity index (χ2n) is 3.89. The van der Waals surface area contributed by atoms with Gasteiger partial charge in [0.25, 0.3) is 5.91 Å². The van der Waals surface area contributed by atoms with Crippen molar-refractivity contribution in [2.45, 2.75) is 20.3 Å². The second kappa shape index (κ2) is 3.40. The van der Waals surface area contributed by atoms with Gasteiger partial charge < -0.3 is 4.90 Å². The van der Waals surface area contributed by atoms with Crippen molar-refractivity contribution in [1.82, 2.24) is 20.1 Å². The predicted molar refractivity (Wildman–Crippen MR) is 50.8 cm³/mol. The summed E-state index contributed by atoms with van der Waals surface area (Å²) in [6, 6.07) is 0. The van der Waals surface area contributed by atoms with Gasteiger partial charge in [0.1, 0.15) is 5.82 Å². The molecule has 14 heavy (non-hydrogen) atoms. The lowest BCUT2D eigenvalue weighted by Crippen LogP contribution is -2.29. The van der Waals surface area contributed by atoms with Gasteiger partial charge in [0.05, 0.1) is 0 Å². The number of hydrogen-bond acceptors (Lipinski definition) is 3. The van der Waals surface area contributed by atoms with Crippen molar-refractivity contribution in [2.75, 3.05) is 13.1 Å². The van der Waals surface area contributed by atoms with Crippen molar-refractivity contribution in [1.29, 1.82) is 0 Å². The molecule has 1 aliphatic heterocycles. The number of likely N-dealkylation sites (tertiary alicyclic amines) is 1. The Morgan fingerprint density at radius 3 is 2.93 bits per heavy atom. The standard InChI is InChI=1S/C9H14N4O/c1-6-3-4-13(5-6)9(14)8-10-7(2)11-12-8/h6H,3-5H2,1-2H3,(H,10,11,12). The molecule has 1 aliphatic rings. The fourth-order valence-corrected chi connectivity index (χ4v) is 1.70. The largest absolute Gasteiger partial charge is 0.336 e. The minimum Gasteiger partial charge on any atom is -0.336 e. The molecule has 0 aromatic carbocycles. The van der Waals surface area contributed by atoms with Gasteiger partial charge in [-0.2, -0.15) is 0 Å². The van der Waals surface area contributed by atoms with E-state index in [1.165, 1.54) is 0 Å². The van der Waals surface area contributed by atoms with E-state index in [4.69, 9.17) is 0 Å². The molecule has 1 N–H and O–H groups in total. The number of amides is 1. The van der Waals surface area contributed by atoms with Gasteiger partial charge in [-0.1, -0.05) is 6.92 Å². The average Bonchev–Trinajstić information content (AvgIpc) is 2.73. The lowest BCUT2D eigenvalue weighted by molar-refractivity contribution is 0.0776. The summed E-state index contributed by atoms with van der Waals surface area (Å²) < 4.78 is 0. The molecule has 1 aromatic rings. The van der Waals surface area contributed by atoms with Crippen molar-refractivity contribution in [2.24, 2.45) is 5.92 Å². The molecular weight excluding hydrogens is 180 g/mol. The number of H-pyrrole nitrogens is 1. The molecule has 1 aromatic heterocycles. The minimum atomic E-state index is -0.0568. The number of carbonyl (C=O) groups is 1. The molecule has 0 aliphatic carbocycles. The quantitative estimate of drug-likeness (QED) is 0.712. The topological polar surface area (TPSA) is 61.9 Å².